The van der Waals surface area contributed by atoms with Gasteiger partial charge in [0.15, 0.2) is 0 Å². The first-order valence-corrected chi connectivity index (χ1v) is 15.9. The molecule has 0 aliphatic carbocycles. The molecule has 0 saturated heterocycles. The first kappa shape index (κ1) is 35.1. The van der Waals surface area contributed by atoms with E-state index >= 15 is 0 Å². The minimum absolute atomic E-state index is 0.0823. The van der Waals surface area contributed by atoms with Crippen molar-refractivity contribution < 1.29 is 15.0 Å². The van der Waals surface area contributed by atoms with E-state index in [1.165, 1.54) is 135 Å². The number of aliphatic hydroxyl groups excluding tert-OH is 2. The van der Waals surface area contributed by atoms with Crippen LogP contribution in [0.3, 0.4) is 0 Å². The van der Waals surface area contributed by atoms with E-state index < -0.39 is 12.1 Å². The van der Waals surface area contributed by atoms with Crippen LogP contribution in [0.25, 0.3) is 0 Å². The Balaban J connectivity index is 3.26. The number of hydrogen-bond acceptors (Lipinski definition) is 3. The summed E-state index contributed by atoms with van der Waals surface area (Å²) in [6.45, 7) is 3.84. The number of hydrogen-bond donors (Lipinski definition) is 3. The Labute approximate surface area is 225 Å². The highest BCUT2D eigenvalue weighted by Crippen LogP contribution is 2.15. The molecule has 0 aromatic carbocycles. The van der Waals surface area contributed by atoms with E-state index in [1.807, 2.05) is 0 Å². The molecule has 0 unspecified atom stereocenters. The van der Waals surface area contributed by atoms with Gasteiger partial charge in [-0.3, -0.25) is 4.79 Å². The summed E-state index contributed by atoms with van der Waals surface area (Å²) in [5.74, 6) is -0.0823. The third-order valence-corrected chi connectivity index (χ3v) is 7.35. The normalized spacial score (nSPS) is 13.3. The molecule has 0 aliphatic rings. The monoisotopic (exact) mass is 509 g/mol. The standard InChI is InChI=1S/C32H63NO3/c1-3-5-6-7-8-9-10-11-12-13-14-15-16-17-18-19-20-21-22-23-24-25-26-28-32(36)33-30(29-34)31(35)27-4-2/h4,27,30-31,34-35H,3,5-26,28-29H2,1-2H3,(H,33,36)/b27-4-/t30-,31-/m1/s1. The van der Waals surface area contributed by atoms with Crippen molar-refractivity contribution >= 4 is 5.91 Å². The van der Waals surface area contributed by atoms with E-state index in [4.69, 9.17) is 0 Å². The van der Waals surface area contributed by atoms with Crippen LogP contribution < -0.4 is 5.32 Å². The summed E-state index contributed by atoms with van der Waals surface area (Å²) in [6.07, 6.45) is 34.3. The molecule has 36 heavy (non-hydrogen) atoms. The molecular weight excluding hydrogens is 446 g/mol. The molecule has 0 bridgehead atoms. The van der Waals surface area contributed by atoms with Gasteiger partial charge in [-0.05, 0) is 13.3 Å². The van der Waals surface area contributed by atoms with Crippen molar-refractivity contribution in [3.05, 3.63) is 12.2 Å². The summed E-state index contributed by atoms with van der Waals surface area (Å²) in [5, 5.41) is 21.9. The molecule has 4 heteroatoms. The highest BCUT2D eigenvalue weighted by Gasteiger charge is 2.17. The Kier molecular flexibility index (Phi) is 28.0. The lowest BCUT2D eigenvalue weighted by molar-refractivity contribution is -0.123. The molecule has 0 spiro atoms. The molecule has 214 valence electrons. The SMILES string of the molecule is C/C=C\[C@@H](O)[C@@H](CO)NC(=O)CCCCCCCCCCCCCCCCCCCCCCCCC. The average Bonchev–Trinajstić information content (AvgIpc) is 2.87. The van der Waals surface area contributed by atoms with Crippen molar-refractivity contribution in [3.8, 4) is 0 Å². The van der Waals surface area contributed by atoms with Crippen LogP contribution >= 0.6 is 0 Å². The predicted molar refractivity (Wildman–Crippen MR) is 156 cm³/mol. The van der Waals surface area contributed by atoms with Gasteiger partial charge < -0.3 is 15.5 Å². The molecular formula is C32H63NO3. The lowest BCUT2D eigenvalue weighted by Gasteiger charge is -2.19. The number of allylic oxidation sites excluding steroid dienone is 1. The Morgan fingerprint density at radius 1 is 0.639 bits per heavy atom. The Morgan fingerprint density at radius 3 is 1.28 bits per heavy atom. The van der Waals surface area contributed by atoms with Gasteiger partial charge in [0.25, 0.3) is 0 Å². The third-order valence-electron chi connectivity index (χ3n) is 7.35. The number of carbonyl (C=O) groups is 1. The Morgan fingerprint density at radius 2 is 0.972 bits per heavy atom. The number of amides is 1. The minimum Gasteiger partial charge on any atom is -0.394 e. The number of rotatable bonds is 28. The predicted octanol–water partition coefficient (Wildman–Crippen LogP) is 8.78. The fourth-order valence-electron chi connectivity index (χ4n) is 4.92. The first-order valence-electron chi connectivity index (χ1n) is 15.9. The largest absolute Gasteiger partial charge is 0.394 e. The van der Waals surface area contributed by atoms with Crippen LogP contribution in [0.4, 0.5) is 0 Å². The molecule has 0 aromatic heterocycles. The summed E-state index contributed by atoms with van der Waals surface area (Å²) in [4.78, 5) is 12.0. The zero-order chi connectivity index (χ0) is 26.5. The van der Waals surface area contributed by atoms with Crippen molar-refractivity contribution in [2.75, 3.05) is 6.61 Å². The van der Waals surface area contributed by atoms with Gasteiger partial charge in [-0.25, -0.2) is 0 Å². The van der Waals surface area contributed by atoms with Crippen LogP contribution in [0.2, 0.25) is 0 Å². The number of carbonyl (C=O) groups excluding carboxylic acids is 1. The van der Waals surface area contributed by atoms with Gasteiger partial charge in [0.1, 0.15) is 0 Å². The molecule has 2 atom stereocenters. The summed E-state index contributed by atoms with van der Waals surface area (Å²) in [6, 6.07) is -0.613. The molecule has 1 amide bonds. The zero-order valence-electron chi connectivity index (χ0n) is 24.3. The van der Waals surface area contributed by atoms with Crippen LogP contribution in [0.1, 0.15) is 168 Å². The van der Waals surface area contributed by atoms with Gasteiger partial charge in [0, 0.05) is 6.42 Å². The second kappa shape index (κ2) is 28.7. The smallest absolute Gasteiger partial charge is 0.220 e. The quantitative estimate of drug-likeness (QED) is 0.0729. The van der Waals surface area contributed by atoms with E-state index in [0.717, 1.165) is 12.8 Å². The second-order valence-corrected chi connectivity index (χ2v) is 10.9. The van der Waals surface area contributed by atoms with Crippen LogP contribution in [0, 0.1) is 0 Å². The number of unbranched alkanes of at least 4 members (excludes halogenated alkanes) is 22. The molecule has 3 N–H and O–H groups in total. The highest BCUT2D eigenvalue weighted by molar-refractivity contribution is 5.76. The molecule has 0 radical (unpaired) electrons. The van der Waals surface area contributed by atoms with Crippen molar-refractivity contribution in [2.24, 2.45) is 0 Å². The molecule has 0 aromatic rings. The van der Waals surface area contributed by atoms with Crippen molar-refractivity contribution in [2.45, 2.75) is 180 Å². The van der Waals surface area contributed by atoms with Crippen LogP contribution in [-0.4, -0.2) is 34.9 Å². The average molecular weight is 510 g/mol. The van der Waals surface area contributed by atoms with Gasteiger partial charge in [-0.15, -0.1) is 0 Å². The fourth-order valence-corrected chi connectivity index (χ4v) is 4.92. The van der Waals surface area contributed by atoms with E-state index in [0.29, 0.717) is 6.42 Å². The molecule has 0 saturated carbocycles. The van der Waals surface area contributed by atoms with E-state index in [-0.39, 0.29) is 12.5 Å². The molecule has 0 aliphatic heterocycles. The van der Waals surface area contributed by atoms with Crippen molar-refractivity contribution in [1.29, 1.82) is 0 Å². The summed E-state index contributed by atoms with van der Waals surface area (Å²) >= 11 is 0. The molecule has 4 nitrogen and oxygen atoms in total. The van der Waals surface area contributed by atoms with Gasteiger partial charge in [-0.1, -0.05) is 160 Å². The van der Waals surface area contributed by atoms with Gasteiger partial charge in [-0.2, -0.15) is 0 Å². The number of nitrogens with one attached hydrogen (secondary N) is 1. The third kappa shape index (κ3) is 24.8. The topological polar surface area (TPSA) is 69.6 Å². The van der Waals surface area contributed by atoms with Crippen LogP contribution in [-0.2, 0) is 4.79 Å². The lowest BCUT2D eigenvalue weighted by Crippen LogP contribution is -2.45. The van der Waals surface area contributed by atoms with Crippen LogP contribution in [0.15, 0.2) is 12.2 Å². The van der Waals surface area contributed by atoms with Crippen molar-refractivity contribution in [1.82, 2.24) is 5.32 Å². The lowest BCUT2D eigenvalue weighted by atomic mass is 10.0. The highest BCUT2D eigenvalue weighted by atomic mass is 16.3. The molecule has 0 rings (SSSR count). The van der Waals surface area contributed by atoms with Crippen LogP contribution in [0.5, 0.6) is 0 Å². The van der Waals surface area contributed by atoms with E-state index in [2.05, 4.69) is 12.2 Å². The molecule has 0 heterocycles. The Bertz CT molecular complexity index is 480. The van der Waals surface area contributed by atoms with Gasteiger partial charge >= 0.3 is 0 Å². The Hall–Kier alpha value is -0.870. The van der Waals surface area contributed by atoms with E-state index in [1.54, 1.807) is 19.1 Å². The summed E-state index contributed by atoms with van der Waals surface area (Å²) < 4.78 is 0. The maximum absolute atomic E-state index is 12.0. The number of aliphatic hydroxyl groups is 2. The van der Waals surface area contributed by atoms with Gasteiger partial charge in [0.2, 0.25) is 5.91 Å². The summed E-state index contributed by atoms with van der Waals surface area (Å²) in [7, 11) is 0. The maximum atomic E-state index is 12.0. The first-order chi connectivity index (χ1) is 17.7. The maximum Gasteiger partial charge on any atom is 0.220 e. The van der Waals surface area contributed by atoms with Gasteiger partial charge in [0.05, 0.1) is 18.8 Å². The molecule has 0 fully saturated rings. The minimum atomic E-state index is -0.835. The zero-order valence-corrected chi connectivity index (χ0v) is 24.3. The summed E-state index contributed by atoms with van der Waals surface area (Å²) in [5.41, 5.74) is 0. The van der Waals surface area contributed by atoms with Crippen molar-refractivity contribution in [3.63, 3.8) is 0 Å². The second-order valence-electron chi connectivity index (χ2n) is 10.9. The van der Waals surface area contributed by atoms with E-state index in [9.17, 15) is 15.0 Å². The fraction of sp³-hybridized carbons (Fsp3) is 0.906.